The van der Waals surface area contributed by atoms with Gasteiger partial charge < -0.3 is 4.90 Å². The van der Waals surface area contributed by atoms with E-state index in [0.717, 1.165) is 45.4 Å². The van der Waals surface area contributed by atoms with E-state index in [-0.39, 0.29) is 6.04 Å². The monoisotopic (exact) mass is 235 g/mol. The minimum Gasteiger partial charge on any atom is -0.340 e. The summed E-state index contributed by atoms with van der Waals surface area (Å²) in [5, 5.41) is 9.02. The molecule has 2 aliphatic rings. The molecule has 0 aromatic carbocycles. The highest BCUT2D eigenvalue weighted by Crippen LogP contribution is 2.28. The molecule has 1 aliphatic carbocycles. The van der Waals surface area contributed by atoms with Crippen molar-refractivity contribution in [1.82, 2.24) is 9.80 Å². The summed E-state index contributed by atoms with van der Waals surface area (Å²) in [6, 6.07) is 2.36. The first-order chi connectivity index (χ1) is 8.26. The van der Waals surface area contributed by atoms with E-state index in [0.29, 0.717) is 11.8 Å². The van der Waals surface area contributed by atoms with E-state index in [1.54, 1.807) is 0 Å². The Balaban J connectivity index is 1.81. The molecule has 1 saturated heterocycles. The van der Waals surface area contributed by atoms with Gasteiger partial charge in [-0.15, -0.1) is 0 Å². The van der Waals surface area contributed by atoms with Crippen molar-refractivity contribution in [2.24, 2.45) is 5.92 Å². The first-order valence-corrected chi connectivity index (χ1v) is 6.68. The quantitative estimate of drug-likeness (QED) is 0.739. The van der Waals surface area contributed by atoms with Gasteiger partial charge in [0.15, 0.2) is 0 Å². The van der Waals surface area contributed by atoms with Gasteiger partial charge in [0.05, 0.1) is 12.1 Å². The number of nitrogens with zero attached hydrogens (tertiary/aromatic N) is 3. The van der Waals surface area contributed by atoms with Gasteiger partial charge in [0.2, 0.25) is 5.91 Å². The lowest BCUT2D eigenvalue weighted by molar-refractivity contribution is -0.140. The van der Waals surface area contributed by atoms with Crippen LogP contribution in [0.1, 0.15) is 32.6 Å². The second-order valence-electron chi connectivity index (χ2n) is 5.04. The molecule has 2 rings (SSSR count). The molecule has 0 aromatic rings. The molecule has 0 radical (unpaired) electrons. The van der Waals surface area contributed by atoms with Gasteiger partial charge in [-0.3, -0.25) is 9.69 Å². The molecule has 17 heavy (non-hydrogen) atoms. The Hall–Kier alpha value is -1.08. The number of piperazine rings is 1. The van der Waals surface area contributed by atoms with Crippen LogP contribution >= 0.6 is 0 Å². The summed E-state index contributed by atoms with van der Waals surface area (Å²) in [5.74, 6) is 0.653. The Bertz CT molecular complexity index is 311. The van der Waals surface area contributed by atoms with Crippen molar-refractivity contribution in [1.29, 1.82) is 5.26 Å². The zero-order chi connectivity index (χ0) is 12.3. The maximum Gasteiger partial charge on any atom is 0.225 e. The van der Waals surface area contributed by atoms with Crippen molar-refractivity contribution in [2.75, 3.05) is 26.2 Å². The summed E-state index contributed by atoms with van der Waals surface area (Å²) in [7, 11) is 0. The third-order valence-electron chi connectivity index (χ3n) is 4.06. The molecule has 1 unspecified atom stereocenters. The van der Waals surface area contributed by atoms with Crippen molar-refractivity contribution >= 4 is 5.91 Å². The largest absolute Gasteiger partial charge is 0.340 e. The summed E-state index contributed by atoms with van der Waals surface area (Å²) in [4.78, 5) is 16.2. The van der Waals surface area contributed by atoms with Crippen LogP contribution in [-0.2, 0) is 4.79 Å². The van der Waals surface area contributed by atoms with Crippen LogP contribution in [0, 0.1) is 17.2 Å². The highest BCUT2D eigenvalue weighted by atomic mass is 16.2. The molecule has 1 saturated carbocycles. The maximum absolute atomic E-state index is 12.0. The van der Waals surface area contributed by atoms with Crippen molar-refractivity contribution in [2.45, 2.75) is 38.6 Å². The molecule has 1 aliphatic heterocycles. The molecular weight excluding hydrogens is 214 g/mol. The maximum atomic E-state index is 12.0. The fourth-order valence-corrected chi connectivity index (χ4v) is 2.60. The second-order valence-corrected chi connectivity index (χ2v) is 5.04. The van der Waals surface area contributed by atoms with Gasteiger partial charge in [-0.2, -0.15) is 5.26 Å². The SMILES string of the molecule is CCC(C#N)N1CCN(C(=O)C2CCC2)CC1. The number of amides is 1. The third-order valence-corrected chi connectivity index (χ3v) is 4.06. The first-order valence-electron chi connectivity index (χ1n) is 6.68. The lowest BCUT2D eigenvalue weighted by atomic mass is 9.84. The van der Waals surface area contributed by atoms with Crippen LogP contribution < -0.4 is 0 Å². The normalized spacial score (nSPS) is 23.9. The first kappa shape index (κ1) is 12.4. The Morgan fingerprint density at radius 1 is 1.35 bits per heavy atom. The zero-order valence-corrected chi connectivity index (χ0v) is 10.6. The van der Waals surface area contributed by atoms with Crippen LogP contribution in [0.2, 0.25) is 0 Å². The lowest BCUT2D eigenvalue weighted by Crippen LogP contribution is -2.53. The predicted molar refractivity (Wildman–Crippen MR) is 65.2 cm³/mol. The summed E-state index contributed by atoms with van der Waals surface area (Å²) < 4.78 is 0. The number of carbonyl (C=O) groups excluding carboxylic acids is 1. The Labute approximate surface area is 103 Å². The molecule has 4 heteroatoms. The minimum atomic E-state index is 0.0240. The van der Waals surface area contributed by atoms with E-state index in [2.05, 4.69) is 11.0 Å². The molecule has 0 aromatic heterocycles. The molecule has 1 heterocycles. The van der Waals surface area contributed by atoms with E-state index < -0.39 is 0 Å². The topological polar surface area (TPSA) is 47.3 Å². The van der Waals surface area contributed by atoms with Crippen molar-refractivity contribution < 1.29 is 4.79 Å². The molecular formula is C13H21N3O. The van der Waals surface area contributed by atoms with Gasteiger partial charge >= 0.3 is 0 Å². The number of hydrogen-bond donors (Lipinski definition) is 0. The second kappa shape index (κ2) is 5.50. The van der Waals surface area contributed by atoms with Gasteiger partial charge in [0.25, 0.3) is 0 Å². The van der Waals surface area contributed by atoms with Crippen molar-refractivity contribution in [3.05, 3.63) is 0 Å². The van der Waals surface area contributed by atoms with E-state index in [1.165, 1.54) is 6.42 Å². The standard InChI is InChI=1S/C13H21N3O/c1-2-12(10-14)15-6-8-16(9-7-15)13(17)11-4-3-5-11/h11-12H,2-9H2,1H3. The van der Waals surface area contributed by atoms with E-state index in [1.807, 2.05) is 11.8 Å². The van der Waals surface area contributed by atoms with Gasteiger partial charge in [-0.1, -0.05) is 13.3 Å². The molecule has 1 amide bonds. The third kappa shape index (κ3) is 2.61. The van der Waals surface area contributed by atoms with Crippen LogP contribution in [-0.4, -0.2) is 47.9 Å². The number of nitriles is 1. The highest BCUT2D eigenvalue weighted by molar-refractivity contribution is 5.79. The molecule has 1 atom stereocenters. The van der Waals surface area contributed by atoms with E-state index in [4.69, 9.17) is 5.26 Å². The van der Waals surface area contributed by atoms with Crippen LogP contribution in [0.5, 0.6) is 0 Å². The molecule has 0 bridgehead atoms. The van der Waals surface area contributed by atoms with Gasteiger partial charge in [0.1, 0.15) is 0 Å². The Morgan fingerprint density at radius 3 is 2.41 bits per heavy atom. The summed E-state index contributed by atoms with van der Waals surface area (Å²) in [6.07, 6.45) is 4.24. The molecule has 94 valence electrons. The molecule has 2 fully saturated rings. The molecule has 4 nitrogen and oxygen atoms in total. The average molecular weight is 235 g/mol. The number of carbonyl (C=O) groups is 1. The Kier molecular flexibility index (Phi) is 4.01. The summed E-state index contributed by atoms with van der Waals surface area (Å²) in [6.45, 7) is 5.34. The van der Waals surface area contributed by atoms with Crippen LogP contribution in [0.4, 0.5) is 0 Å². The van der Waals surface area contributed by atoms with E-state index >= 15 is 0 Å². The Morgan fingerprint density at radius 2 is 2.00 bits per heavy atom. The highest BCUT2D eigenvalue weighted by Gasteiger charge is 2.32. The van der Waals surface area contributed by atoms with Gasteiger partial charge in [-0.05, 0) is 19.3 Å². The fourth-order valence-electron chi connectivity index (χ4n) is 2.60. The molecule has 0 N–H and O–H groups in total. The lowest BCUT2D eigenvalue weighted by Gasteiger charge is -2.39. The van der Waals surface area contributed by atoms with Gasteiger partial charge in [-0.25, -0.2) is 0 Å². The smallest absolute Gasteiger partial charge is 0.225 e. The number of hydrogen-bond acceptors (Lipinski definition) is 3. The zero-order valence-electron chi connectivity index (χ0n) is 10.6. The number of rotatable bonds is 3. The molecule has 0 spiro atoms. The van der Waals surface area contributed by atoms with E-state index in [9.17, 15) is 4.79 Å². The van der Waals surface area contributed by atoms with Gasteiger partial charge in [0, 0.05) is 32.1 Å². The van der Waals surface area contributed by atoms with Crippen molar-refractivity contribution in [3.8, 4) is 6.07 Å². The fraction of sp³-hybridized carbons (Fsp3) is 0.846. The summed E-state index contributed by atoms with van der Waals surface area (Å²) in [5.41, 5.74) is 0. The predicted octanol–water partition coefficient (Wildman–Crippen LogP) is 1.23. The van der Waals surface area contributed by atoms with Crippen LogP contribution in [0.25, 0.3) is 0 Å². The van der Waals surface area contributed by atoms with Crippen molar-refractivity contribution in [3.63, 3.8) is 0 Å². The van der Waals surface area contributed by atoms with Crippen LogP contribution in [0.3, 0.4) is 0 Å². The summed E-state index contributed by atoms with van der Waals surface area (Å²) >= 11 is 0. The average Bonchev–Trinajstić information content (AvgIpc) is 2.29. The van der Waals surface area contributed by atoms with Crippen LogP contribution in [0.15, 0.2) is 0 Å². The minimum absolute atomic E-state index is 0.0240.